The molecule has 4 heteroatoms. The first kappa shape index (κ1) is 15.9. The Kier molecular flexibility index (Phi) is 5.42. The molecule has 2 aromatic heterocycles. The molecule has 0 fully saturated rings. The SMILES string of the molecule is C=C(C)C(=O)OC[n+]1ccc(-c2cc[n+](CCC)cc2)cc1. The summed E-state index contributed by atoms with van der Waals surface area (Å²) in [5.74, 6) is -0.375. The van der Waals surface area contributed by atoms with Gasteiger partial charge in [0.05, 0.1) is 0 Å². The maximum atomic E-state index is 11.4. The number of carbonyl (C=O) groups is 1. The van der Waals surface area contributed by atoms with Crippen LogP contribution in [0.2, 0.25) is 0 Å². The summed E-state index contributed by atoms with van der Waals surface area (Å²) >= 11 is 0. The van der Waals surface area contributed by atoms with E-state index in [0.717, 1.165) is 18.5 Å². The van der Waals surface area contributed by atoms with Gasteiger partial charge in [0.25, 0.3) is 6.73 Å². The highest BCUT2D eigenvalue weighted by atomic mass is 16.5. The van der Waals surface area contributed by atoms with Crippen molar-refractivity contribution in [3.8, 4) is 11.1 Å². The largest absolute Gasteiger partial charge is 0.401 e. The topological polar surface area (TPSA) is 34.1 Å². The average Bonchev–Trinajstić information content (AvgIpc) is 2.54. The molecule has 0 atom stereocenters. The zero-order chi connectivity index (χ0) is 15.9. The van der Waals surface area contributed by atoms with E-state index in [-0.39, 0.29) is 12.7 Å². The molecule has 0 aliphatic carbocycles. The monoisotopic (exact) mass is 298 g/mol. The predicted octanol–water partition coefficient (Wildman–Crippen LogP) is 2.42. The van der Waals surface area contributed by atoms with E-state index in [0.29, 0.717) is 5.57 Å². The summed E-state index contributed by atoms with van der Waals surface area (Å²) in [5.41, 5.74) is 2.70. The van der Waals surface area contributed by atoms with Crippen molar-refractivity contribution in [1.82, 2.24) is 0 Å². The molecule has 114 valence electrons. The lowest BCUT2D eigenvalue weighted by atomic mass is 10.1. The lowest BCUT2D eigenvalue weighted by molar-refractivity contribution is -0.727. The average molecular weight is 298 g/mol. The fraction of sp³-hybridized carbons (Fsp3) is 0.278. The van der Waals surface area contributed by atoms with Crippen LogP contribution in [0.25, 0.3) is 11.1 Å². The van der Waals surface area contributed by atoms with Crippen LogP contribution >= 0.6 is 0 Å². The molecule has 0 saturated carbocycles. The minimum atomic E-state index is -0.375. The second-order valence-corrected chi connectivity index (χ2v) is 5.27. The summed E-state index contributed by atoms with van der Waals surface area (Å²) < 4.78 is 9.08. The molecule has 0 spiro atoms. The molecule has 0 aliphatic heterocycles. The third-order valence-corrected chi connectivity index (χ3v) is 3.29. The van der Waals surface area contributed by atoms with Crippen LogP contribution in [0.5, 0.6) is 0 Å². The number of rotatable bonds is 6. The van der Waals surface area contributed by atoms with Crippen molar-refractivity contribution in [3.05, 3.63) is 61.2 Å². The normalized spacial score (nSPS) is 10.3. The summed E-state index contributed by atoms with van der Waals surface area (Å²) in [6.07, 6.45) is 9.10. The first-order chi connectivity index (χ1) is 10.6. The highest BCUT2D eigenvalue weighted by Gasteiger charge is 2.08. The molecule has 0 aromatic carbocycles. The molecule has 0 N–H and O–H groups in total. The van der Waals surface area contributed by atoms with E-state index in [4.69, 9.17) is 4.74 Å². The highest BCUT2D eigenvalue weighted by Crippen LogP contribution is 2.15. The summed E-state index contributed by atoms with van der Waals surface area (Å²) in [6, 6.07) is 8.23. The summed E-state index contributed by atoms with van der Waals surface area (Å²) in [7, 11) is 0. The molecule has 4 nitrogen and oxygen atoms in total. The lowest BCUT2D eigenvalue weighted by Crippen LogP contribution is -2.35. The second kappa shape index (κ2) is 7.50. The summed E-state index contributed by atoms with van der Waals surface area (Å²) in [5, 5.41) is 0. The first-order valence-electron chi connectivity index (χ1n) is 7.41. The van der Waals surface area contributed by atoms with Gasteiger partial charge in [-0.15, -0.1) is 0 Å². The molecule has 2 rings (SSSR count). The van der Waals surface area contributed by atoms with E-state index in [9.17, 15) is 4.79 Å². The van der Waals surface area contributed by atoms with Crippen molar-refractivity contribution in [3.63, 3.8) is 0 Å². The maximum Gasteiger partial charge on any atom is 0.337 e. The van der Waals surface area contributed by atoms with E-state index in [1.807, 2.05) is 29.1 Å². The fourth-order valence-electron chi connectivity index (χ4n) is 2.05. The van der Waals surface area contributed by atoms with Gasteiger partial charge in [-0.25, -0.2) is 9.36 Å². The fourth-order valence-corrected chi connectivity index (χ4v) is 2.05. The van der Waals surface area contributed by atoms with Crippen molar-refractivity contribution in [2.24, 2.45) is 0 Å². The molecule has 0 bridgehead atoms. The number of esters is 1. The Bertz CT molecular complexity index is 646. The van der Waals surface area contributed by atoms with E-state index in [2.05, 4.69) is 42.6 Å². The summed E-state index contributed by atoms with van der Waals surface area (Å²) in [4.78, 5) is 11.4. The van der Waals surface area contributed by atoms with Gasteiger partial charge < -0.3 is 4.74 Å². The number of hydrogen-bond donors (Lipinski definition) is 0. The van der Waals surface area contributed by atoms with Crippen LogP contribution in [0.4, 0.5) is 0 Å². The van der Waals surface area contributed by atoms with E-state index in [1.165, 1.54) is 5.56 Å². The van der Waals surface area contributed by atoms with Crippen molar-refractivity contribution < 1.29 is 18.7 Å². The molecule has 0 unspecified atom stereocenters. The van der Waals surface area contributed by atoms with Crippen LogP contribution in [0.3, 0.4) is 0 Å². The molecule has 22 heavy (non-hydrogen) atoms. The van der Waals surface area contributed by atoms with Gasteiger partial charge in [0.15, 0.2) is 24.8 Å². The van der Waals surface area contributed by atoms with E-state index < -0.39 is 0 Å². The number of hydrogen-bond acceptors (Lipinski definition) is 2. The molecule has 2 aromatic rings. The van der Waals surface area contributed by atoms with Gasteiger partial charge in [-0.2, -0.15) is 4.57 Å². The Morgan fingerprint density at radius 1 is 1.05 bits per heavy atom. The van der Waals surface area contributed by atoms with Crippen LogP contribution in [-0.4, -0.2) is 5.97 Å². The quantitative estimate of drug-likeness (QED) is 0.466. The smallest absolute Gasteiger partial charge is 0.337 e. The van der Waals surface area contributed by atoms with Gasteiger partial charge in [-0.3, -0.25) is 0 Å². The third-order valence-electron chi connectivity index (χ3n) is 3.29. The molecular weight excluding hydrogens is 276 g/mol. The second-order valence-electron chi connectivity index (χ2n) is 5.27. The van der Waals surface area contributed by atoms with Crippen molar-refractivity contribution in [2.45, 2.75) is 33.5 Å². The van der Waals surface area contributed by atoms with Gasteiger partial charge in [-0.1, -0.05) is 13.5 Å². The van der Waals surface area contributed by atoms with Gasteiger partial charge in [0.2, 0.25) is 0 Å². The molecular formula is C18H22N2O2+2. The Labute approximate surface area is 131 Å². The Morgan fingerprint density at radius 3 is 2.00 bits per heavy atom. The Balaban J connectivity index is 2.02. The van der Waals surface area contributed by atoms with Gasteiger partial charge >= 0.3 is 5.97 Å². The van der Waals surface area contributed by atoms with Gasteiger partial charge in [0, 0.05) is 36.3 Å². The predicted molar refractivity (Wildman–Crippen MR) is 83.5 cm³/mol. The van der Waals surface area contributed by atoms with Gasteiger partial charge in [0.1, 0.15) is 6.54 Å². The zero-order valence-electron chi connectivity index (χ0n) is 13.2. The van der Waals surface area contributed by atoms with Crippen LogP contribution in [0.1, 0.15) is 20.3 Å². The van der Waals surface area contributed by atoms with Crippen LogP contribution in [-0.2, 0) is 22.8 Å². The number of carbonyl (C=O) groups excluding carboxylic acids is 1. The number of nitrogens with zero attached hydrogens (tertiary/aromatic N) is 2. The number of aryl methyl sites for hydroxylation is 1. The zero-order valence-corrected chi connectivity index (χ0v) is 13.2. The van der Waals surface area contributed by atoms with Gasteiger partial charge in [-0.05, 0) is 18.1 Å². The molecule has 0 aliphatic rings. The number of ether oxygens (including phenoxy) is 1. The lowest BCUT2D eigenvalue weighted by Gasteiger charge is -2.02. The number of pyridine rings is 2. The first-order valence-corrected chi connectivity index (χ1v) is 7.41. The van der Waals surface area contributed by atoms with Crippen molar-refractivity contribution >= 4 is 5.97 Å². The third kappa shape index (κ3) is 4.25. The van der Waals surface area contributed by atoms with E-state index in [1.54, 1.807) is 6.92 Å². The van der Waals surface area contributed by atoms with E-state index >= 15 is 0 Å². The van der Waals surface area contributed by atoms with Crippen molar-refractivity contribution in [2.75, 3.05) is 0 Å². The Morgan fingerprint density at radius 2 is 1.55 bits per heavy atom. The van der Waals surface area contributed by atoms with Crippen LogP contribution < -0.4 is 9.13 Å². The highest BCUT2D eigenvalue weighted by molar-refractivity contribution is 5.86. The number of aromatic nitrogens is 2. The molecule has 2 heterocycles. The van der Waals surface area contributed by atoms with Crippen LogP contribution in [0, 0.1) is 0 Å². The summed E-state index contributed by atoms with van der Waals surface area (Å²) in [6.45, 7) is 8.58. The molecule has 0 saturated heterocycles. The van der Waals surface area contributed by atoms with Crippen molar-refractivity contribution in [1.29, 1.82) is 0 Å². The van der Waals surface area contributed by atoms with Crippen LogP contribution in [0.15, 0.2) is 61.2 Å². The molecule has 0 radical (unpaired) electrons. The standard InChI is InChI=1S/C18H22N2O2/c1-4-9-19-10-5-16(6-11-19)17-7-12-20(13-8-17)14-22-18(21)15(2)3/h5-8,10-13H,2,4,9,14H2,1,3H3/q+2. The maximum absolute atomic E-state index is 11.4. The minimum absolute atomic E-state index is 0.192. The minimum Gasteiger partial charge on any atom is -0.401 e. The molecule has 0 amide bonds. The Hall–Kier alpha value is -2.49.